The number of phenols is 1. The lowest BCUT2D eigenvalue weighted by atomic mass is 9.94. The maximum atomic E-state index is 12.6. The van der Waals surface area contributed by atoms with Gasteiger partial charge in [-0.3, -0.25) is 9.69 Å². The third kappa shape index (κ3) is 5.55. The molecule has 2 unspecified atom stereocenters. The van der Waals surface area contributed by atoms with Crippen molar-refractivity contribution in [2.75, 3.05) is 62.3 Å². The fraction of sp³-hybridized carbons (Fsp3) is 0.455. The third-order valence-electron chi connectivity index (χ3n) is 9.45. The Hall–Kier alpha value is -3.67. The normalized spacial score (nSPS) is 24.2. The molecule has 3 saturated heterocycles. The van der Waals surface area contributed by atoms with Gasteiger partial charge in [0, 0.05) is 62.0 Å². The Morgan fingerprint density at radius 1 is 1.22 bits per heavy atom. The number of aromatic hydroxyl groups is 1. The van der Waals surface area contributed by atoms with E-state index in [2.05, 4.69) is 56.0 Å². The van der Waals surface area contributed by atoms with Crippen LogP contribution >= 0.6 is 22.6 Å². The van der Waals surface area contributed by atoms with Gasteiger partial charge in [0.1, 0.15) is 21.2 Å². The number of benzene rings is 2. The van der Waals surface area contributed by atoms with Gasteiger partial charge < -0.3 is 29.3 Å². The van der Waals surface area contributed by atoms with Crippen molar-refractivity contribution in [3.8, 4) is 17.8 Å². The first-order chi connectivity index (χ1) is 21.9. The van der Waals surface area contributed by atoms with Gasteiger partial charge in [-0.1, -0.05) is 53.4 Å². The Morgan fingerprint density at radius 2 is 2.09 bits per heavy atom. The first-order valence-corrected chi connectivity index (χ1v) is 16.6. The van der Waals surface area contributed by atoms with Crippen LogP contribution in [0.15, 0.2) is 49.1 Å². The van der Waals surface area contributed by atoms with E-state index >= 15 is 0 Å². The summed E-state index contributed by atoms with van der Waals surface area (Å²) < 4.78 is 12.0. The number of phenolic OH excluding ortho intramolecular Hbond substituents is 1. The molecule has 2 aromatic carbocycles. The molecule has 0 spiro atoms. The maximum Gasteiger partial charge on any atom is 0.318 e. The molecule has 12 heteroatoms. The maximum absolute atomic E-state index is 12.6. The van der Waals surface area contributed by atoms with Crippen LogP contribution in [0.25, 0.3) is 10.8 Å². The number of hydrogen-bond acceptors (Lipinski definition) is 10. The summed E-state index contributed by atoms with van der Waals surface area (Å²) in [5.41, 5.74) is 2.91. The van der Waals surface area contributed by atoms with E-state index in [1.807, 2.05) is 24.3 Å². The topological polar surface area (TPSA) is 118 Å². The Bertz CT molecular complexity index is 1680. The Morgan fingerprint density at radius 3 is 2.84 bits per heavy atom. The lowest BCUT2D eigenvalue weighted by molar-refractivity contribution is -0.224. The number of nitriles is 1. The second kappa shape index (κ2) is 12.3. The number of carbonyl (C=O) groups excluding carboxylic acids is 1. The predicted octanol–water partition coefficient (Wildman–Crippen LogP) is 3.63. The molecule has 0 saturated carbocycles. The molecule has 11 nitrogen and oxygen atoms in total. The number of ether oxygens (including phenoxy) is 2. The van der Waals surface area contributed by atoms with Crippen molar-refractivity contribution in [2.24, 2.45) is 0 Å². The standard InChI is InChI=1S/C33H36IN7O4/c1-2-30(43)41-14-13-39(18-23(41)8-10-35)31-26-9-12-38(28-17-24(42)16-22-6-3-4-7-25(22)28)19-27(26)36-32(37-31)44-15-5-11-40-20-29-33(40,34)21-45-29/h2-4,6-7,16-17,23,29,42H,1,5,8-9,11-15,18-21H2/t23?,29?,33-/m1/s1. The highest BCUT2D eigenvalue weighted by atomic mass is 127. The Balaban J connectivity index is 1.15. The van der Waals surface area contributed by atoms with Crippen LogP contribution in [0.1, 0.15) is 24.1 Å². The van der Waals surface area contributed by atoms with Gasteiger partial charge >= 0.3 is 6.01 Å². The van der Waals surface area contributed by atoms with Crippen molar-refractivity contribution in [3.63, 3.8) is 0 Å². The molecule has 1 N–H and O–H groups in total. The third-order valence-corrected chi connectivity index (χ3v) is 11.1. The Labute approximate surface area is 276 Å². The highest BCUT2D eigenvalue weighted by Crippen LogP contribution is 2.47. The number of amides is 1. The molecular formula is C33H36IN7O4. The number of rotatable bonds is 9. The molecule has 0 aliphatic carbocycles. The van der Waals surface area contributed by atoms with Crippen LogP contribution in [0, 0.1) is 11.3 Å². The van der Waals surface area contributed by atoms with Crippen molar-refractivity contribution >= 4 is 50.8 Å². The number of anilines is 2. The minimum absolute atomic E-state index is 0.141. The van der Waals surface area contributed by atoms with Crippen LogP contribution in [0.5, 0.6) is 11.8 Å². The second-order valence-electron chi connectivity index (χ2n) is 12.1. The number of fused-ring (bicyclic) bond motifs is 3. The fourth-order valence-electron chi connectivity index (χ4n) is 6.95. The van der Waals surface area contributed by atoms with E-state index in [4.69, 9.17) is 19.4 Å². The minimum Gasteiger partial charge on any atom is -0.508 e. The number of piperazine rings is 1. The summed E-state index contributed by atoms with van der Waals surface area (Å²) in [5, 5.41) is 22.1. The van der Waals surface area contributed by atoms with Crippen LogP contribution in [-0.4, -0.2) is 99.0 Å². The quantitative estimate of drug-likeness (QED) is 0.116. The minimum atomic E-state index is -0.264. The number of aromatic nitrogens is 2. The summed E-state index contributed by atoms with van der Waals surface area (Å²) in [6.45, 7) is 9.63. The van der Waals surface area contributed by atoms with Gasteiger partial charge in [-0.25, -0.2) is 0 Å². The average molecular weight is 722 g/mol. The van der Waals surface area contributed by atoms with Crippen LogP contribution in [0.4, 0.5) is 11.5 Å². The molecule has 45 heavy (non-hydrogen) atoms. The van der Waals surface area contributed by atoms with Crippen molar-refractivity contribution in [1.82, 2.24) is 19.8 Å². The molecule has 1 amide bonds. The molecule has 7 rings (SSSR count). The van der Waals surface area contributed by atoms with Gasteiger partial charge in [-0.2, -0.15) is 15.2 Å². The zero-order valence-corrected chi connectivity index (χ0v) is 27.2. The number of likely N-dealkylation sites (tertiary alicyclic amines) is 1. The van der Waals surface area contributed by atoms with Gasteiger partial charge in [-0.15, -0.1) is 0 Å². The van der Waals surface area contributed by atoms with E-state index in [0.717, 1.165) is 66.2 Å². The summed E-state index contributed by atoms with van der Waals surface area (Å²) >= 11 is 2.51. The van der Waals surface area contributed by atoms with Crippen LogP contribution in [0.2, 0.25) is 0 Å². The van der Waals surface area contributed by atoms with E-state index in [-0.39, 0.29) is 27.7 Å². The van der Waals surface area contributed by atoms with E-state index < -0.39 is 0 Å². The molecule has 4 aliphatic rings. The molecule has 3 atom stereocenters. The first-order valence-electron chi connectivity index (χ1n) is 15.5. The summed E-state index contributed by atoms with van der Waals surface area (Å²) in [5.74, 6) is 0.882. The monoisotopic (exact) mass is 721 g/mol. The van der Waals surface area contributed by atoms with Gasteiger partial charge in [0.2, 0.25) is 5.91 Å². The van der Waals surface area contributed by atoms with Crippen LogP contribution < -0.4 is 14.5 Å². The van der Waals surface area contributed by atoms with Crippen molar-refractivity contribution < 1.29 is 19.4 Å². The van der Waals surface area contributed by atoms with Gasteiger partial charge in [0.05, 0.1) is 44.0 Å². The van der Waals surface area contributed by atoms with E-state index in [1.54, 1.807) is 11.0 Å². The largest absolute Gasteiger partial charge is 0.508 e. The van der Waals surface area contributed by atoms with E-state index in [1.165, 1.54) is 6.08 Å². The molecule has 5 heterocycles. The molecule has 0 radical (unpaired) electrons. The molecular weight excluding hydrogens is 685 g/mol. The van der Waals surface area contributed by atoms with Crippen molar-refractivity contribution in [1.29, 1.82) is 5.26 Å². The summed E-state index contributed by atoms with van der Waals surface area (Å²) in [6.07, 6.45) is 3.45. The summed E-state index contributed by atoms with van der Waals surface area (Å²) in [4.78, 5) is 31.1. The number of nitrogens with zero attached hydrogens (tertiary/aromatic N) is 7. The zero-order chi connectivity index (χ0) is 31.1. The van der Waals surface area contributed by atoms with Crippen molar-refractivity contribution in [2.45, 2.75) is 41.5 Å². The molecule has 0 bridgehead atoms. The van der Waals surface area contributed by atoms with Gasteiger partial charge in [-0.05, 0) is 30.4 Å². The first kappa shape index (κ1) is 30.0. The number of hydrogen-bond donors (Lipinski definition) is 1. The fourth-order valence-corrected chi connectivity index (χ4v) is 7.95. The van der Waals surface area contributed by atoms with Gasteiger partial charge in [0.25, 0.3) is 0 Å². The smallest absolute Gasteiger partial charge is 0.318 e. The average Bonchev–Trinajstić information content (AvgIpc) is 3.06. The highest BCUT2D eigenvalue weighted by Gasteiger charge is 2.59. The highest BCUT2D eigenvalue weighted by molar-refractivity contribution is 14.1. The summed E-state index contributed by atoms with van der Waals surface area (Å²) in [7, 11) is 0. The van der Waals surface area contributed by atoms with Crippen molar-refractivity contribution in [3.05, 3.63) is 60.3 Å². The van der Waals surface area contributed by atoms with Crippen LogP contribution in [0.3, 0.4) is 0 Å². The van der Waals surface area contributed by atoms with Crippen LogP contribution in [-0.2, 0) is 22.5 Å². The van der Waals surface area contributed by atoms with E-state index in [0.29, 0.717) is 51.3 Å². The number of morpholine rings is 1. The zero-order valence-electron chi connectivity index (χ0n) is 25.1. The molecule has 1 aromatic heterocycles. The molecule has 3 fully saturated rings. The lowest BCUT2D eigenvalue weighted by Gasteiger charge is -2.61. The Kier molecular flexibility index (Phi) is 8.18. The molecule has 4 aliphatic heterocycles. The lowest BCUT2D eigenvalue weighted by Crippen LogP contribution is -2.77. The number of alkyl halides is 1. The van der Waals surface area contributed by atoms with E-state index in [9.17, 15) is 15.2 Å². The SMILES string of the molecule is C=CC(=O)N1CCN(c2nc(OCCCN3CC4OC[C@]43I)nc3c2CCN(c2cc(O)cc4ccccc24)C3)CC1CC#N. The molecule has 3 aromatic rings. The predicted molar refractivity (Wildman–Crippen MR) is 179 cm³/mol. The number of carbonyl (C=O) groups is 1. The summed E-state index contributed by atoms with van der Waals surface area (Å²) in [6, 6.07) is 14.0. The number of halogens is 1. The molecule has 234 valence electrons. The van der Waals surface area contributed by atoms with Gasteiger partial charge in [0.15, 0.2) is 0 Å². The second-order valence-corrected chi connectivity index (χ2v) is 13.9.